The van der Waals surface area contributed by atoms with Crippen molar-refractivity contribution in [1.82, 2.24) is 14.7 Å². The minimum atomic E-state index is -0.368. The number of para-hydroxylation sites is 2. The second-order valence-corrected chi connectivity index (χ2v) is 6.41. The first-order valence-corrected chi connectivity index (χ1v) is 8.82. The van der Waals surface area contributed by atoms with E-state index in [1.807, 2.05) is 21.7 Å². The summed E-state index contributed by atoms with van der Waals surface area (Å²) in [5.74, 6) is 0.890. The number of nitrogens with two attached hydrogens (primary N) is 1. The summed E-state index contributed by atoms with van der Waals surface area (Å²) < 4.78 is 7.06. The predicted molar refractivity (Wildman–Crippen MR) is 102 cm³/mol. The number of carbonyl (C=O) groups is 2. The zero-order chi connectivity index (χ0) is 19.2. The van der Waals surface area contributed by atoms with E-state index < -0.39 is 0 Å². The summed E-state index contributed by atoms with van der Waals surface area (Å²) in [7, 11) is 1.55. The van der Waals surface area contributed by atoms with E-state index in [2.05, 4.69) is 15.7 Å². The Bertz CT molecular complexity index is 798. The number of benzene rings is 1. The number of carbonyl (C=O) groups excluding carboxylic acids is 2. The molecule has 0 radical (unpaired) electrons. The van der Waals surface area contributed by atoms with Crippen LogP contribution in [0.1, 0.15) is 18.9 Å². The first-order valence-electron chi connectivity index (χ1n) is 8.82. The van der Waals surface area contributed by atoms with Gasteiger partial charge in [0.05, 0.1) is 31.6 Å². The molecule has 2 heterocycles. The molecule has 0 unspecified atom stereocenters. The average molecular weight is 372 g/mol. The van der Waals surface area contributed by atoms with Gasteiger partial charge in [-0.1, -0.05) is 12.1 Å². The minimum absolute atomic E-state index is 0.158. The maximum atomic E-state index is 12.4. The van der Waals surface area contributed by atoms with Crippen molar-refractivity contribution in [2.45, 2.75) is 18.9 Å². The Morgan fingerprint density at radius 3 is 2.67 bits per heavy atom. The number of hydrogen-bond acceptors (Lipinski definition) is 5. The van der Waals surface area contributed by atoms with Crippen LogP contribution in [-0.2, 0) is 4.79 Å². The normalized spacial score (nSPS) is 15.3. The Morgan fingerprint density at radius 2 is 1.96 bits per heavy atom. The fourth-order valence-electron chi connectivity index (χ4n) is 3.26. The highest BCUT2D eigenvalue weighted by Gasteiger charge is 2.24. The molecule has 1 aliphatic heterocycles. The van der Waals surface area contributed by atoms with E-state index in [1.165, 1.54) is 0 Å². The number of piperidine rings is 1. The second-order valence-electron chi connectivity index (χ2n) is 6.41. The quantitative estimate of drug-likeness (QED) is 0.713. The van der Waals surface area contributed by atoms with Gasteiger partial charge in [0.25, 0.3) is 0 Å². The van der Waals surface area contributed by atoms with Gasteiger partial charge in [-0.2, -0.15) is 5.10 Å². The molecule has 1 fully saturated rings. The fourth-order valence-corrected chi connectivity index (χ4v) is 3.26. The molecule has 2 aromatic rings. The number of amides is 3. The van der Waals surface area contributed by atoms with Crippen LogP contribution in [0.2, 0.25) is 0 Å². The average Bonchev–Trinajstić information content (AvgIpc) is 3.10. The largest absolute Gasteiger partial charge is 0.495 e. The third kappa shape index (κ3) is 4.76. The van der Waals surface area contributed by atoms with E-state index in [9.17, 15) is 9.59 Å². The maximum absolute atomic E-state index is 12.4. The highest BCUT2D eigenvalue weighted by atomic mass is 16.5. The summed E-state index contributed by atoms with van der Waals surface area (Å²) in [5.41, 5.74) is 5.84. The number of urea groups is 1. The number of methoxy groups -OCH3 is 1. The van der Waals surface area contributed by atoms with Crippen LogP contribution in [0.25, 0.3) is 0 Å². The van der Waals surface area contributed by atoms with Crippen molar-refractivity contribution in [2.75, 3.05) is 37.4 Å². The number of aromatic nitrogens is 2. The predicted octanol–water partition coefficient (Wildman–Crippen LogP) is 1.66. The topological polar surface area (TPSA) is 115 Å². The number of nitrogens with zero attached hydrogens (tertiary/aromatic N) is 3. The van der Waals surface area contributed by atoms with Crippen LogP contribution >= 0.6 is 0 Å². The molecule has 0 atom stereocenters. The third-order valence-corrected chi connectivity index (χ3v) is 4.55. The SMILES string of the molecule is COc1ccccc1NC(=O)Nc1ccnn1C1CCN(CC(N)=O)CC1. The summed E-state index contributed by atoms with van der Waals surface area (Å²) in [6.45, 7) is 1.80. The molecule has 1 aliphatic rings. The van der Waals surface area contributed by atoms with Gasteiger partial charge >= 0.3 is 6.03 Å². The fraction of sp³-hybridized carbons (Fsp3) is 0.389. The van der Waals surface area contributed by atoms with Gasteiger partial charge in [0.15, 0.2) is 0 Å². The molecule has 144 valence electrons. The molecule has 1 saturated heterocycles. The number of ether oxygens (including phenoxy) is 1. The van der Waals surface area contributed by atoms with Gasteiger partial charge in [0.1, 0.15) is 11.6 Å². The van der Waals surface area contributed by atoms with Crippen molar-refractivity contribution >= 4 is 23.4 Å². The summed E-state index contributed by atoms with van der Waals surface area (Å²) in [6, 6.07) is 8.75. The lowest BCUT2D eigenvalue weighted by Gasteiger charge is -2.31. The molecule has 4 N–H and O–H groups in total. The van der Waals surface area contributed by atoms with E-state index in [0.717, 1.165) is 25.9 Å². The molecular weight excluding hydrogens is 348 g/mol. The van der Waals surface area contributed by atoms with Crippen molar-refractivity contribution in [3.8, 4) is 5.75 Å². The molecule has 27 heavy (non-hydrogen) atoms. The van der Waals surface area contributed by atoms with Gasteiger partial charge in [0, 0.05) is 19.2 Å². The number of rotatable bonds is 6. The lowest BCUT2D eigenvalue weighted by Crippen LogP contribution is -2.40. The van der Waals surface area contributed by atoms with Crippen LogP contribution in [0, 0.1) is 0 Å². The molecule has 0 saturated carbocycles. The number of primary amides is 1. The smallest absolute Gasteiger partial charge is 0.324 e. The highest BCUT2D eigenvalue weighted by molar-refractivity contribution is 6.00. The molecule has 3 rings (SSSR count). The van der Waals surface area contributed by atoms with Crippen molar-refractivity contribution < 1.29 is 14.3 Å². The van der Waals surface area contributed by atoms with E-state index in [1.54, 1.807) is 31.5 Å². The molecule has 3 amide bonds. The lowest BCUT2D eigenvalue weighted by molar-refractivity contribution is -0.119. The van der Waals surface area contributed by atoms with E-state index in [-0.39, 0.29) is 24.5 Å². The molecule has 1 aromatic carbocycles. The summed E-state index contributed by atoms with van der Waals surface area (Å²) in [4.78, 5) is 25.5. The first kappa shape index (κ1) is 18.7. The monoisotopic (exact) mass is 372 g/mol. The summed E-state index contributed by atoms with van der Waals surface area (Å²) in [6.07, 6.45) is 3.32. The van der Waals surface area contributed by atoms with Crippen LogP contribution in [0.15, 0.2) is 36.5 Å². The van der Waals surface area contributed by atoms with Crippen LogP contribution in [0.4, 0.5) is 16.3 Å². The first-order chi connectivity index (χ1) is 13.1. The Labute approximate surface area is 157 Å². The Morgan fingerprint density at radius 1 is 1.22 bits per heavy atom. The van der Waals surface area contributed by atoms with Crippen molar-refractivity contribution in [3.63, 3.8) is 0 Å². The molecule has 0 aliphatic carbocycles. The molecule has 1 aromatic heterocycles. The number of anilines is 2. The zero-order valence-electron chi connectivity index (χ0n) is 15.2. The van der Waals surface area contributed by atoms with Gasteiger partial charge in [-0.15, -0.1) is 0 Å². The van der Waals surface area contributed by atoms with Crippen LogP contribution < -0.4 is 21.1 Å². The second kappa shape index (κ2) is 8.54. The van der Waals surface area contributed by atoms with Gasteiger partial charge in [0.2, 0.25) is 5.91 Å². The van der Waals surface area contributed by atoms with E-state index >= 15 is 0 Å². The minimum Gasteiger partial charge on any atom is -0.495 e. The van der Waals surface area contributed by atoms with Crippen LogP contribution in [0.5, 0.6) is 5.75 Å². The summed E-state index contributed by atoms with van der Waals surface area (Å²) in [5, 5.41) is 9.98. The number of nitrogens with one attached hydrogen (secondary N) is 2. The highest BCUT2D eigenvalue weighted by Crippen LogP contribution is 2.26. The van der Waals surface area contributed by atoms with Gasteiger partial charge in [-0.3, -0.25) is 15.0 Å². The maximum Gasteiger partial charge on any atom is 0.324 e. The standard InChI is InChI=1S/C18H24N6O3/c1-27-15-5-3-2-4-14(15)21-18(26)22-17-6-9-20-24(17)13-7-10-23(11-8-13)12-16(19)25/h2-6,9,13H,7-8,10-12H2,1H3,(H2,19,25)(H2,21,22,26). The van der Waals surface area contributed by atoms with Crippen molar-refractivity contribution in [3.05, 3.63) is 36.5 Å². The molecule has 0 spiro atoms. The van der Waals surface area contributed by atoms with Crippen molar-refractivity contribution in [2.24, 2.45) is 5.73 Å². The van der Waals surface area contributed by atoms with Crippen molar-refractivity contribution in [1.29, 1.82) is 0 Å². The molecule has 9 heteroatoms. The van der Waals surface area contributed by atoms with Crippen LogP contribution in [0.3, 0.4) is 0 Å². The summed E-state index contributed by atoms with van der Waals surface area (Å²) >= 11 is 0. The van der Waals surface area contributed by atoms with Gasteiger partial charge in [-0.25, -0.2) is 9.48 Å². The Kier molecular flexibility index (Phi) is 5.92. The molecular formula is C18H24N6O3. The molecule has 0 bridgehead atoms. The lowest BCUT2D eigenvalue weighted by atomic mass is 10.1. The molecule has 9 nitrogen and oxygen atoms in total. The van der Waals surface area contributed by atoms with Gasteiger partial charge < -0.3 is 15.8 Å². The number of hydrogen-bond donors (Lipinski definition) is 3. The van der Waals surface area contributed by atoms with E-state index in [0.29, 0.717) is 17.3 Å². The van der Waals surface area contributed by atoms with Crippen LogP contribution in [-0.4, -0.2) is 53.4 Å². The zero-order valence-corrected chi connectivity index (χ0v) is 15.2. The van der Waals surface area contributed by atoms with E-state index in [4.69, 9.17) is 10.5 Å². The van der Waals surface area contributed by atoms with Gasteiger partial charge in [-0.05, 0) is 25.0 Å². The Hall–Kier alpha value is -3.07. The third-order valence-electron chi connectivity index (χ3n) is 4.55. The number of likely N-dealkylation sites (tertiary alicyclic amines) is 1. The Balaban J connectivity index is 1.60.